The number of fused-ring (bicyclic) bond motifs is 1. The molecule has 2 N–H and O–H groups in total. The number of rotatable bonds is 6. The number of aromatic amines is 1. The summed E-state index contributed by atoms with van der Waals surface area (Å²) in [5, 5.41) is 15.3. The molecule has 0 spiro atoms. The molecule has 8 heteroatoms. The van der Waals surface area contributed by atoms with E-state index in [9.17, 15) is 4.79 Å². The topological polar surface area (TPSA) is 97.7 Å². The lowest BCUT2D eigenvalue weighted by Crippen LogP contribution is -2.14. The number of aromatic nitrogens is 5. The Morgan fingerprint density at radius 1 is 1.16 bits per heavy atom. The molecule has 0 unspecified atom stereocenters. The Bertz CT molecular complexity index is 1240. The van der Waals surface area contributed by atoms with Gasteiger partial charge in [-0.25, -0.2) is 0 Å². The standard InChI is InChI=1S/C24H26N6O2/c1-32-20-9-18(11-25-13-20)17-7-8-21-22(10-17)28-29-23(21)24(31)27-19-12-26-30(15-19)14-16-5-3-2-4-6-16/h7-13,15-16H,2-6,14H2,1H3,(H,27,31)(H,28,29). The summed E-state index contributed by atoms with van der Waals surface area (Å²) in [5.41, 5.74) is 3.71. The molecule has 0 aliphatic heterocycles. The zero-order chi connectivity index (χ0) is 21.9. The van der Waals surface area contributed by atoms with Gasteiger partial charge in [0.1, 0.15) is 5.75 Å². The van der Waals surface area contributed by atoms with Gasteiger partial charge in [-0.05, 0) is 42.5 Å². The molecule has 3 aromatic heterocycles. The lowest BCUT2D eigenvalue weighted by molar-refractivity contribution is 0.102. The number of benzene rings is 1. The highest BCUT2D eigenvalue weighted by atomic mass is 16.5. The summed E-state index contributed by atoms with van der Waals surface area (Å²) in [5.74, 6) is 1.11. The molecule has 1 saturated carbocycles. The smallest absolute Gasteiger partial charge is 0.276 e. The van der Waals surface area contributed by atoms with E-state index in [0.29, 0.717) is 23.0 Å². The minimum absolute atomic E-state index is 0.260. The normalized spacial score (nSPS) is 14.5. The van der Waals surface area contributed by atoms with E-state index in [1.807, 2.05) is 35.1 Å². The molecular weight excluding hydrogens is 404 g/mol. The van der Waals surface area contributed by atoms with Crippen molar-refractivity contribution in [2.45, 2.75) is 38.6 Å². The van der Waals surface area contributed by atoms with Crippen LogP contribution in [0.3, 0.4) is 0 Å². The summed E-state index contributed by atoms with van der Waals surface area (Å²) in [6.07, 6.45) is 13.5. The number of carbonyl (C=O) groups is 1. The number of nitrogens with one attached hydrogen (secondary N) is 2. The second-order valence-corrected chi connectivity index (χ2v) is 8.36. The highest BCUT2D eigenvalue weighted by Crippen LogP contribution is 2.28. The number of anilines is 1. The average molecular weight is 431 g/mol. The van der Waals surface area contributed by atoms with Gasteiger partial charge in [-0.15, -0.1) is 0 Å². The van der Waals surface area contributed by atoms with Crippen molar-refractivity contribution in [1.29, 1.82) is 0 Å². The predicted octanol–water partition coefficient (Wildman–Crippen LogP) is 4.66. The summed E-state index contributed by atoms with van der Waals surface area (Å²) in [6, 6.07) is 7.73. The van der Waals surface area contributed by atoms with Crippen molar-refractivity contribution in [3.63, 3.8) is 0 Å². The largest absolute Gasteiger partial charge is 0.495 e. The van der Waals surface area contributed by atoms with E-state index >= 15 is 0 Å². The molecule has 0 atom stereocenters. The molecule has 1 aromatic carbocycles. The van der Waals surface area contributed by atoms with Gasteiger partial charge in [0.15, 0.2) is 5.69 Å². The van der Waals surface area contributed by atoms with E-state index in [4.69, 9.17) is 4.74 Å². The third kappa shape index (κ3) is 4.21. The first-order valence-corrected chi connectivity index (χ1v) is 11.0. The van der Waals surface area contributed by atoms with E-state index in [1.54, 1.807) is 25.7 Å². The van der Waals surface area contributed by atoms with E-state index in [-0.39, 0.29) is 5.91 Å². The fraction of sp³-hybridized carbons (Fsp3) is 0.333. The van der Waals surface area contributed by atoms with Crippen LogP contribution < -0.4 is 10.1 Å². The Labute approximate surface area is 186 Å². The maximum Gasteiger partial charge on any atom is 0.276 e. The van der Waals surface area contributed by atoms with E-state index in [0.717, 1.165) is 28.6 Å². The van der Waals surface area contributed by atoms with Crippen LogP contribution in [0.2, 0.25) is 0 Å². The van der Waals surface area contributed by atoms with Crippen molar-refractivity contribution >= 4 is 22.5 Å². The third-order valence-corrected chi connectivity index (χ3v) is 6.12. The third-order valence-electron chi connectivity index (χ3n) is 6.12. The lowest BCUT2D eigenvalue weighted by Gasteiger charge is -2.21. The van der Waals surface area contributed by atoms with Crippen LogP contribution in [-0.2, 0) is 6.54 Å². The molecule has 5 rings (SSSR count). The lowest BCUT2D eigenvalue weighted by atomic mass is 9.89. The first-order chi connectivity index (χ1) is 15.7. The molecule has 32 heavy (non-hydrogen) atoms. The van der Waals surface area contributed by atoms with Gasteiger partial charge in [-0.2, -0.15) is 10.2 Å². The zero-order valence-electron chi connectivity index (χ0n) is 18.0. The Hall–Kier alpha value is -3.68. The van der Waals surface area contributed by atoms with Crippen LogP contribution in [-0.4, -0.2) is 38.0 Å². The van der Waals surface area contributed by atoms with Crippen molar-refractivity contribution in [3.05, 3.63) is 54.7 Å². The Morgan fingerprint density at radius 3 is 2.88 bits per heavy atom. The molecule has 1 aliphatic carbocycles. The van der Waals surface area contributed by atoms with Gasteiger partial charge in [-0.1, -0.05) is 25.3 Å². The quantitative estimate of drug-likeness (QED) is 0.464. The predicted molar refractivity (Wildman–Crippen MR) is 123 cm³/mol. The highest BCUT2D eigenvalue weighted by Gasteiger charge is 2.17. The number of ether oxygens (including phenoxy) is 1. The molecule has 0 radical (unpaired) electrons. The SMILES string of the molecule is COc1cncc(-c2ccc3c(C(=O)Nc4cnn(CC5CCCCC5)c4)n[nH]c3c2)c1. The van der Waals surface area contributed by atoms with Gasteiger partial charge in [-0.3, -0.25) is 19.6 Å². The van der Waals surface area contributed by atoms with Crippen LogP contribution in [0.1, 0.15) is 42.6 Å². The second kappa shape index (κ2) is 8.82. The molecule has 1 aliphatic rings. The zero-order valence-corrected chi connectivity index (χ0v) is 18.0. The number of hydrogen-bond acceptors (Lipinski definition) is 5. The number of pyridine rings is 1. The van der Waals surface area contributed by atoms with Crippen molar-refractivity contribution < 1.29 is 9.53 Å². The number of nitrogens with zero attached hydrogens (tertiary/aromatic N) is 4. The van der Waals surface area contributed by atoms with Crippen molar-refractivity contribution in [3.8, 4) is 16.9 Å². The molecule has 1 amide bonds. The molecular formula is C24H26N6O2. The molecule has 3 heterocycles. The summed E-state index contributed by atoms with van der Waals surface area (Å²) in [7, 11) is 1.61. The fourth-order valence-electron chi connectivity index (χ4n) is 4.41. The minimum atomic E-state index is -0.260. The van der Waals surface area contributed by atoms with Gasteiger partial charge in [0.2, 0.25) is 0 Å². The van der Waals surface area contributed by atoms with Gasteiger partial charge in [0.25, 0.3) is 5.91 Å². The first-order valence-electron chi connectivity index (χ1n) is 11.0. The summed E-state index contributed by atoms with van der Waals surface area (Å²) in [4.78, 5) is 17.1. The van der Waals surface area contributed by atoms with Gasteiger partial charge < -0.3 is 10.1 Å². The molecule has 164 valence electrons. The van der Waals surface area contributed by atoms with E-state index in [2.05, 4.69) is 25.6 Å². The molecule has 8 nitrogen and oxygen atoms in total. The number of H-pyrrole nitrogens is 1. The fourth-order valence-corrected chi connectivity index (χ4v) is 4.41. The maximum atomic E-state index is 12.9. The number of methoxy groups -OCH3 is 1. The summed E-state index contributed by atoms with van der Waals surface area (Å²) in [6.45, 7) is 0.906. The van der Waals surface area contributed by atoms with Gasteiger partial charge in [0.05, 0.1) is 30.7 Å². The Kier molecular flexibility index (Phi) is 5.58. The maximum absolute atomic E-state index is 12.9. The van der Waals surface area contributed by atoms with Crippen molar-refractivity contribution in [2.24, 2.45) is 5.92 Å². The van der Waals surface area contributed by atoms with Crippen LogP contribution in [0.5, 0.6) is 5.75 Å². The Balaban J connectivity index is 1.31. The van der Waals surface area contributed by atoms with Crippen molar-refractivity contribution in [1.82, 2.24) is 25.0 Å². The summed E-state index contributed by atoms with van der Waals surface area (Å²) < 4.78 is 7.19. The van der Waals surface area contributed by atoms with E-state index in [1.165, 1.54) is 32.1 Å². The van der Waals surface area contributed by atoms with Gasteiger partial charge >= 0.3 is 0 Å². The molecule has 0 saturated heterocycles. The van der Waals surface area contributed by atoms with Crippen LogP contribution in [0.4, 0.5) is 5.69 Å². The Morgan fingerprint density at radius 2 is 2.03 bits per heavy atom. The highest BCUT2D eigenvalue weighted by molar-refractivity contribution is 6.11. The van der Waals surface area contributed by atoms with Crippen LogP contribution in [0.15, 0.2) is 49.1 Å². The van der Waals surface area contributed by atoms with Crippen LogP contribution >= 0.6 is 0 Å². The molecule has 4 aromatic rings. The second-order valence-electron chi connectivity index (χ2n) is 8.36. The average Bonchev–Trinajstić information content (AvgIpc) is 3.46. The van der Waals surface area contributed by atoms with Gasteiger partial charge in [0, 0.05) is 29.9 Å². The van der Waals surface area contributed by atoms with Crippen molar-refractivity contribution in [2.75, 3.05) is 12.4 Å². The monoisotopic (exact) mass is 430 g/mol. The minimum Gasteiger partial charge on any atom is -0.495 e. The molecule has 1 fully saturated rings. The number of amides is 1. The van der Waals surface area contributed by atoms with E-state index < -0.39 is 0 Å². The number of carbonyl (C=O) groups excluding carboxylic acids is 1. The van der Waals surface area contributed by atoms with Crippen LogP contribution in [0, 0.1) is 5.92 Å². The van der Waals surface area contributed by atoms with Crippen LogP contribution in [0.25, 0.3) is 22.0 Å². The first kappa shape index (κ1) is 20.2. The summed E-state index contributed by atoms with van der Waals surface area (Å²) >= 11 is 0. The molecule has 0 bridgehead atoms. The number of hydrogen-bond donors (Lipinski definition) is 2.